The van der Waals surface area contributed by atoms with Crippen molar-refractivity contribution in [2.75, 3.05) is 44.7 Å². The lowest BCUT2D eigenvalue weighted by molar-refractivity contribution is -0.279. The number of allylic oxidation sites excluding steroid dienone is 1. The minimum atomic E-state index is -4.30. The van der Waals surface area contributed by atoms with Gasteiger partial charge in [-0.3, -0.25) is 0 Å². The number of aliphatic hydroxyl groups excluding tert-OH is 4. The van der Waals surface area contributed by atoms with Crippen LogP contribution in [0.2, 0.25) is 0 Å². The maximum atomic E-state index is 12.7. The van der Waals surface area contributed by atoms with E-state index in [0.29, 0.717) is 5.56 Å². The van der Waals surface area contributed by atoms with Gasteiger partial charge >= 0.3 is 0 Å². The minimum absolute atomic E-state index is 0.514. The van der Waals surface area contributed by atoms with Crippen LogP contribution >= 0.6 is 0 Å². The van der Waals surface area contributed by atoms with Crippen LogP contribution < -0.4 is 9.62 Å². The third-order valence-electron chi connectivity index (χ3n) is 6.58. The Hall–Kier alpha value is -2.60. The molecule has 11 nitrogen and oxygen atoms in total. The summed E-state index contributed by atoms with van der Waals surface area (Å²) in [7, 11) is -2.20. The number of likely N-dealkylation sites (N-methyl/N-ethyl adjacent to an activating group) is 1. The van der Waals surface area contributed by atoms with Crippen molar-refractivity contribution in [2.45, 2.75) is 30.7 Å². The lowest BCUT2D eigenvalue weighted by Gasteiger charge is -2.38. The molecule has 4 rings (SSSR count). The van der Waals surface area contributed by atoms with Crippen molar-refractivity contribution >= 4 is 32.6 Å². The number of ether oxygens (including phenoxy) is 1. The summed E-state index contributed by atoms with van der Waals surface area (Å²) >= 11 is 0. The average molecular weight is 519 g/mol. The van der Waals surface area contributed by atoms with E-state index in [1.54, 1.807) is 18.2 Å². The molecule has 5 atom stereocenters. The summed E-state index contributed by atoms with van der Waals surface area (Å²) in [6.45, 7) is 3.35. The van der Waals surface area contributed by atoms with Gasteiger partial charge in [0.25, 0.3) is 10.0 Å². The zero-order valence-electron chi connectivity index (χ0n) is 19.7. The third-order valence-corrected chi connectivity index (χ3v) is 7.91. The first-order valence-electron chi connectivity index (χ1n) is 11.6. The maximum Gasteiger partial charge on any atom is 0.250 e. The van der Waals surface area contributed by atoms with E-state index in [1.165, 1.54) is 6.08 Å². The summed E-state index contributed by atoms with van der Waals surface area (Å²) < 4.78 is 32.6. The van der Waals surface area contributed by atoms with Gasteiger partial charge in [0, 0.05) is 38.4 Å². The topological polar surface area (TPSA) is 167 Å². The average Bonchev–Trinajstić information content (AvgIpc) is 2.87. The second-order valence-corrected chi connectivity index (χ2v) is 10.8. The highest BCUT2D eigenvalue weighted by Gasteiger charge is 2.43. The predicted octanol–water partition coefficient (Wildman–Crippen LogP) is -0.825. The van der Waals surface area contributed by atoms with Crippen molar-refractivity contribution in [2.24, 2.45) is 0 Å². The molecule has 0 radical (unpaired) electrons. The van der Waals surface area contributed by atoms with E-state index in [9.17, 15) is 34.1 Å². The number of rotatable bonds is 6. The molecule has 0 aromatic heterocycles. The molecule has 2 aliphatic rings. The number of nitrogens with zero attached hydrogens (tertiary/aromatic N) is 3. The molecule has 2 aromatic carbocycles. The predicted molar refractivity (Wildman–Crippen MR) is 133 cm³/mol. The SMILES string of the molecule is CN1CCN(c2ccc3cc(C=C(C#N)S(=O)(=O)NCC4OC(O)C(O)C(O)C4O)ccc3c2)CC1. The minimum Gasteiger partial charge on any atom is -0.388 e. The van der Waals surface area contributed by atoms with Crippen LogP contribution in [0.3, 0.4) is 0 Å². The smallest absolute Gasteiger partial charge is 0.250 e. The van der Waals surface area contributed by atoms with Crippen LogP contribution in [0.25, 0.3) is 16.8 Å². The van der Waals surface area contributed by atoms with Crippen molar-refractivity contribution in [1.82, 2.24) is 9.62 Å². The van der Waals surface area contributed by atoms with E-state index in [1.807, 2.05) is 18.2 Å². The van der Waals surface area contributed by atoms with Gasteiger partial charge in [-0.25, -0.2) is 13.1 Å². The Balaban J connectivity index is 1.48. The number of nitriles is 1. The van der Waals surface area contributed by atoms with Crippen LogP contribution in [0.1, 0.15) is 5.56 Å². The molecule has 5 unspecified atom stereocenters. The molecule has 36 heavy (non-hydrogen) atoms. The third kappa shape index (κ3) is 5.69. The number of sulfonamides is 1. The first-order chi connectivity index (χ1) is 17.1. The molecule has 2 aromatic rings. The number of nitrogens with one attached hydrogen (secondary N) is 1. The van der Waals surface area contributed by atoms with Crippen molar-refractivity contribution in [1.29, 1.82) is 5.26 Å². The number of anilines is 1. The molecule has 194 valence electrons. The number of aliphatic hydroxyl groups is 4. The van der Waals surface area contributed by atoms with Crippen molar-refractivity contribution < 1.29 is 33.6 Å². The summed E-state index contributed by atoms with van der Waals surface area (Å²) in [4.78, 5) is 4.06. The molecule has 2 fully saturated rings. The lowest BCUT2D eigenvalue weighted by Crippen LogP contribution is -2.59. The summed E-state index contributed by atoms with van der Waals surface area (Å²) in [5.41, 5.74) is 1.64. The molecule has 2 aliphatic heterocycles. The molecule has 0 spiro atoms. The monoisotopic (exact) mass is 518 g/mol. The molecule has 0 bridgehead atoms. The first kappa shape index (κ1) is 26.5. The Labute approximate surface area is 209 Å². The Kier molecular flexibility index (Phi) is 7.93. The van der Waals surface area contributed by atoms with Gasteiger partial charge in [-0.2, -0.15) is 5.26 Å². The fourth-order valence-electron chi connectivity index (χ4n) is 4.29. The van der Waals surface area contributed by atoms with Crippen LogP contribution in [0, 0.1) is 11.3 Å². The summed E-state index contributed by atoms with van der Waals surface area (Å²) in [5, 5.41) is 50.3. The summed E-state index contributed by atoms with van der Waals surface area (Å²) in [6.07, 6.45) is -6.98. The van der Waals surface area contributed by atoms with Gasteiger partial charge in [-0.05, 0) is 47.7 Å². The second kappa shape index (κ2) is 10.8. The van der Waals surface area contributed by atoms with Gasteiger partial charge in [0.15, 0.2) is 11.2 Å². The second-order valence-electron chi connectivity index (χ2n) is 9.09. The van der Waals surface area contributed by atoms with Crippen molar-refractivity contribution in [3.63, 3.8) is 0 Å². The van der Waals surface area contributed by atoms with Gasteiger partial charge < -0.3 is 35.0 Å². The fraction of sp³-hybridized carbons (Fsp3) is 0.458. The van der Waals surface area contributed by atoms with Crippen LogP contribution in [-0.4, -0.2) is 104 Å². The van der Waals surface area contributed by atoms with E-state index in [4.69, 9.17) is 4.74 Å². The van der Waals surface area contributed by atoms with Gasteiger partial charge in [0.1, 0.15) is 30.5 Å². The normalized spacial score (nSPS) is 28.3. The Morgan fingerprint density at radius 2 is 1.72 bits per heavy atom. The largest absolute Gasteiger partial charge is 0.388 e. The molecule has 5 N–H and O–H groups in total. The number of benzene rings is 2. The molecule has 12 heteroatoms. The van der Waals surface area contributed by atoms with E-state index < -0.39 is 52.2 Å². The van der Waals surface area contributed by atoms with Crippen molar-refractivity contribution in [3.8, 4) is 6.07 Å². The van der Waals surface area contributed by atoms with Crippen molar-refractivity contribution in [3.05, 3.63) is 46.9 Å². The molecular formula is C24H30N4O7S. The molecule has 0 saturated carbocycles. The standard InChI is InChI=1S/C24H30N4O7S/c1-27-6-8-28(9-7-27)18-5-4-16-10-15(2-3-17(16)12-18)11-19(13-25)36(33,34)26-14-20-21(29)22(30)23(31)24(32)35-20/h2-5,10-12,20-24,26,29-32H,6-9,14H2,1H3. The number of fused-ring (bicyclic) bond motifs is 1. The Morgan fingerprint density at radius 3 is 2.42 bits per heavy atom. The van der Waals surface area contributed by atoms with Gasteiger partial charge in [0.05, 0.1) is 0 Å². The zero-order valence-corrected chi connectivity index (χ0v) is 20.5. The van der Waals surface area contributed by atoms with Gasteiger partial charge in [-0.15, -0.1) is 0 Å². The van der Waals surface area contributed by atoms with Crippen LogP contribution in [0.4, 0.5) is 5.69 Å². The van der Waals surface area contributed by atoms with Crippen LogP contribution in [0.15, 0.2) is 41.3 Å². The quantitative estimate of drug-likeness (QED) is 0.305. The zero-order chi connectivity index (χ0) is 26.0. The van der Waals surface area contributed by atoms with Gasteiger partial charge in [-0.1, -0.05) is 18.2 Å². The van der Waals surface area contributed by atoms with E-state index in [2.05, 4.69) is 27.6 Å². The summed E-state index contributed by atoms with van der Waals surface area (Å²) in [6, 6.07) is 13.1. The first-order valence-corrected chi connectivity index (χ1v) is 13.0. The Bertz CT molecular complexity index is 1270. The van der Waals surface area contributed by atoms with E-state index in [-0.39, 0.29) is 0 Å². The Morgan fingerprint density at radius 1 is 1.06 bits per heavy atom. The van der Waals surface area contributed by atoms with Gasteiger partial charge in [0.2, 0.25) is 0 Å². The van der Waals surface area contributed by atoms with Crippen LogP contribution in [-0.2, 0) is 14.8 Å². The lowest BCUT2D eigenvalue weighted by atomic mass is 9.99. The van der Waals surface area contributed by atoms with E-state index >= 15 is 0 Å². The molecule has 0 amide bonds. The highest BCUT2D eigenvalue weighted by Crippen LogP contribution is 2.25. The maximum absolute atomic E-state index is 12.7. The van der Waals surface area contributed by atoms with Crippen LogP contribution in [0.5, 0.6) is 0 Å². The number of hydrogen-bond acceptors (Lipinski definition) is 10. The molecular weight excluding hydrogens is 488 g/mol. The molecule has 0 aliphatic carbocycles. The van der Waals surface area contributed by atoms with E-state index in [0.717, 1.165) is 42.6 Å². The number of hydrogen-bond donors (Lipinski definition) is 5. The fourth-order valence-corrected chi connectivity index (χ4v) is 5.24. The molecule has 2 saturated heterocycles. The summed E-state index contributed by atoms with van der Waals surface area (Å²) in [5.74, 6) is 0. The number of piperazine rings is 1. The highest BCUT2D eigenvalue weighted by molar-refractivity contribution is 7.93. The molecule has 2 heterocycles. The highest BCUT2D eigenvalue weighted by atomic mass is 32.2.